The maximum atomic E-state index is 12.3. The number of hydrogen-bond acceptors (Lipinski definition) is 8. The second-order valence-corrected chi connectivity index (χ2v) is 5.90. The fourth-order valence-corrected chi connectivity index (χ4v) is 2.63. The first-order valence-corrected chi connectivity index (χ1v) is 8.05. The van der Waals surface area contributed by atoms with Gasteiger partial charge in [-0.05, 0) is 19.3 Å². The molecule has 1 aliphatic rings. The molecule has 12 heteroatoms. The van der Waals surface area contributed by atoms with Crippen LogP contribution in [0.3, 0.4) is 0 Å². The van der Waals surface area contributed by atoms with Crippen molar-refractivity contribution in [2.75, 3.05) is 13.2 Å². The normalized spacial score (nSPS) is 19.2. The standard InChI is InChI=1S/C14H21N5O7/c15-7(3-4-10(21)22)11-17-12(26-18-11)8(6-20)16-14(25)19-5-1-2-9(19)13(23)24/h7-9,20H,1-6,15H2,(H,16,25)(H,21,22)(H,23,24)/t7-,8-,9+/m0/s1. The lowest BCUT2D eigenvalue weighted by Gasteiger charge is -2.23. The van der Waals surface area contributed by atoms with E-state index in [1.54, 1.807) is 0 Å². The van der Waals surface area contributed by atoms with Gasteiger partial charge in [0.05, 0.1) is 12.6 Å². The van der Waals surface area contributed by atoms with E-state index in [0.717, 1.165) is 0 Å². The number of nitrogens with one attached hydrogen (secondary N) is 1. The Morgan fingerprint density at radius 3 is 2.73 bits per heavy atom. The number of urea groups is 1. The van der Waals surface area contributed by atoms with Crippen molar-refractivity contribution in [3.05, 3.63) is 11.7 Å². The van der Waals surface area contributed by atoms with Gasteiger partial charge in [0.1, 0.15) is 12.1 Å². The Morgan fingerprint density at radius 2 is 2.12 bits per heavy atom. The molecule has 0 bridgehead atoms. The number of aliphatic carboxylic acids is 2. The monoisotopic (exact) mass is 371 g/mol. The van der Waals surface area contributed by atoms with E-state index in [4.69, 9.17) is 20.5 Å². The van der Waals surface area contributed by atoms with Crippen molar-refractivity contribution in [1.29, 1.82) is 0 Å². The van der Waals surface area contributed by atoms with Gasteiger partial charge in [-0.25, -0.2) is 9.59 Å². The Bertz CT molecular complexity index is 664. The molecule has 1 aliphatic heterocycles. The summed E-state index contributed by atoms with van der Waals surface area (Å²) in [6.07, 6.45) is 0.849. The fourth-order valence-electron chi connectivity index (χ4n) is 2.63. The molecule has 3 atom stereocenters. The third kappa shape index (κ3) is 4.67. The fraction of sp³-hybridized carbons (Fsp3) is 0.643. The number of carboxylic acids is 2. The second-order valence-electron chi connectivity index (χ2n) is 5.90. The first-order valence-electron chi connectivity index (χ1n) is 8.05. The number of carboxylic acid groups (broad SMARTS) is 2. The maximum Gasteiger partial charge on any atom is 0.326 e. The van der Waals surface area contributed by atoms with E-state index in [1.807, 2.05) is 0 Å². The van der Waals surface area contributed by atoms with E-state index >= 15 is 0 Å². The summed E-state index contributed by atoms with van der Waals surface area (Å²) in [5.74, 6) is -2.16. The van der Waals surface area contributed by atoms with Crippen molar-refractivity contribution in [2.45, 2.75) is 43.8 Å². The number of hydrogen-bond donors (Lipinski definition) is 5. The Kier molecular flexibility index (Phi) is 6.46. The average molecular weight is 371 g/mol. The number of carbonyl (C=O) groups excluding carboxylic acids is 1. The molecule has 0 radical (unpaired) electrons. The van der Waals surface area contributed by atoms with Crippen molar-refractivity contribution >= 4 is 18.0 Å². The Morgan fingerprint density at radius 1 is 1.38 bits per heavy atom. The molecule has 26 heavy (non-hydrogen) atoms. The molecule has 144 valence electrons. The van der Waals surface area contributed by atoms with Gasteiger partial charge in [-0.15, -0.1) is 0 Å². The largest absolute Gasteiger partial charge is 0.481 e. The maximum absolute atomic E-state index is 12.3. The summed E-state index contributed by atoms with van der Waals surface area (Å²) < 4.78 is 4.99. The summed E-state index contributed by atoms with van der Waals surface area (Å²) in [7, 11) is 0. The summed E-state index contributed by atoms with van der Waals surface area (Å²) in [6.45, 7) is -0.264. The third-order valence-corrected chi connectivity index (χ3v) is 4.04. The predicted molar refractivity (Wildman–Crippen MR) is 83.8 cm³/mol. The van der Waals surface area contributed by atoms with Crippen molar-refractivity contribution in [1.82, 2.24) is 20.4 Å². The Hall–Kier alpha value is -2.73. The van der Waals surface area contributed by atoms with Gasteiger partial charge < -0.3 is 35.8 Å². The van der Waals surface area contributed by atoms with Crippen LogP contribution in [0.1, 0.15) is 49.5 Å². The highest BCUT2D eigenvalue weighted by molar-refractivity contribution is 5.83. The van der Waals surface area contributed by atoms with E-state index in [2.05, 4.69) is 15.5 Å². The molecular weight excluding hydrogens is 350 g/mol. The summed E-state index contributed by atoms with van der Waals surface area (Å²) in [6, 6.07) is -3.39. The molecule has 1 saturated heterocycles. The van der Waals surface area contributed by atoms with Crippen LogP contribution < -0.4 is 11.1 Å². The topological polar surface area (TPSA) is 192 Å². The van der Waals surface area contributed by atoms with Crippen LogP contribution in [0.25, 0.3) is 0 Å². The predicted octanol–water partition coefficient (Wildman–Crippen LogP) is -0.774. The first kappa shape index (κ1) is 19.6. The molecule has 0 spiro atoms. The minimum Gasteiger partial charge on any atom is -0.481 e. The van der Waals surface area contributed by atoms with E-state index in [9.17, 15) is 19.5 Å². The molecule has 1 aromatic rings. The molecule has 0 aromatic carbocycles. The van der Waals surface area contributed by atoms with Gasteiger partial charge in [0.2, 0.25) is 0 Å². The molecule has 2 rings (SSSR count). The van der Waals surface area contributed by atoms with Gasteiger partial charge in [0, 0.05) is 13.0 Å². The SMILES string of the molecule is N[C@@H](CCC(=O)O)c1noc([C@H](CO)NC(=O)N2CCC[C@@H]2C(=O)O)n1. The highest BCUT2D eigenvalue weighted by Crippen LogP contribution is 2.20. The highest BCUT2D eigenvalue weighted by Gasteiger charge is 2.35. The summed E-state index contributed by atoms with van der Waals surface area (Å²) >= 11 is 0. The smallest absolute Gasteiger partial charge is 0.326 e. The van der Waals surface area contributed by atoms with Gasteiger partial charge in [0.25, 0.3) is 5.89 Å². The van der Waals surface area contributed by atoms with Crippen LogP contribution in [-0.2, 0) is 9.59 Å². The average Bonchev–Trinajstić information content (AvgIpc) is 3.26. The first-order chi connectivity index (χ1) is 12.3. The Labute approximate surface area is 148 Å². The summed E-state index contributed by atoms with van der Waals surface area (Å²) in [4.78, 5) is 39.2. The number of amides is 2. The third-order valence-electron chi connectivity index (χ3n) is 4.04. The van der Waals surface area contributed by atoms with E-state index in [-0.39, 0.29) is 31.1 Å². The van der Waals surface area contributed by atoms with Crippen LogP contribution >= 0.6 is 0 Å². The van der Waals surface area contributed by atoms with E-state index in [0.29, 0.717) is 12.8 Å². The second kappa shape index (κ2) is 8.58. The number of nitrogens with two attached hydrogens (primary N) is 1. The van der Waals surface area contributed by atoms with Crippen LogP contribution in [0.4, 0.5) is 4.79 Å². The summed E-state index contributed by atoms with van der Waals surface area (Å²) in [5, 5.41) is 33.4. The molecule has 1 fully saturated rings. The highest BCUT2D eigenvalue weighted by atomic mass is 16.5. The van der Waals surface area contributed by atoms with E-state index < -0.39 is 42.7 Å². The van der Waals surface area contributed by atoms with Gasteiger partial charge in [-0.3, -0.25) is 4.79 Å². The number of aliphatic hydroxyl groups excluding tert-OH is 1. The lowest BCUT2D eigenvalue weighted by Crippen LogP contribution is -2.47. The molecule has 12 nitrogen and oxygen atoms in total. The molecular formula is C14H21N5O7. The zero-order valence-corrected chi connectivity index (χ0v) is 13.9. The van der Waals surface area contributed by atoms with Crippen molar-refractivity contribution in [3.63, 3.8) is 0 Å². The van der Waals surface area contributed by atoms with Gasteiger partial charge in [0.15, 0.2) is 5.82 Å². The minimum atomic E-state index is -1.09. The molecule has 2 amide bonds. The quantitative estimate of drug-likeness (QED) is 0.387. The van der Waals surface area contributed by atoms with Crippen LogP contribution in [-0.4, -0.2) is 67.5 Å². The minimum absolute atomic E-state index is 0.0542. The molecule has 1 aromatic heterocycles. The molecule has 0 aliphatic carbocycles. The molecule has 0 unspecified atom stereocenters. The summed E-state index contributed by atoms with van der Waals surface area (Å²) in [5.41, 5.74) is 5.78. The number of nitrogens with zero attached hydrogens (tertiary/aromatic N) is 3. The van der Waals surface area contributed by atoms with Crippen molar-refractivity contribution < 1.29 is 34.2 Å². The van der Waals surface area contributed by atoms with Crippen molar-refractivity contribution in [3.8, 4) is 0 Å². The van der Waals surface area contributed by atoms with Gasteiger partial charge in [-0.1, -0.05) is 5.16 Å². The number of carbonyl (C=O) groups is 3. The lowest BCUT2D eigenvalue weighted by atomic mass is 10.1. The van der Waals surface area contributed by atoms with Crippen LogP contribution in [0.5, 0.6) is 0 Å². The van der Waals surface area contributed by atoms with Gasteiger partial charge in [-0.2, -0.15) is 4.98 Å². The lowest BCUT2D eigenvalue weighted by molar-refractivity contribution is -0.141. The molecule has 0 saturated carbocycles. The Balaban J connectivity index is 2.01. The zero-order chi connectivity index (χ0) is 19.3. The van der Waals surface area contributed by atoms with Crippen molar-refractivity contribution in [2.24, 2.45) is 5.73 Å². The van der Waals surface area contributed by atoms with E-state index in [1.165, 1.54) is 4.90 Å². The van der Waals surface area contributed by atoms with Crippen LogP contribution in [0, 0.1) is 0 Å². The molecule has 2 heterocycles. The number of rotatable bonds is 8. The number of likely N-dealkylation sites (tertiary alicyclic amines) is 1. The molecule has 6 N–H and O–H groups in total. The van der Waals surface area contributed by atoms with Crippen LogP contribution in [0.15, 0.2) is 4.52 Å². The number of aromatic nitrogens is 2. The number of aliphatic hydroxyl groups is 1. The zero-order valence-electron chi connectivity index (χ0n) is 13.9. The van der Waals surface area contributed by atoms with Gasteiger partial charge >= 0.3 is 18.0 Å². The van der Waals surface area contributed by atoms with Crippen LogP contribution in [0.2, 0.25) is 0 Å².